The van der Waals surface area contributed by atoms with E-state index in [0.717, 1.165) is 28.0 Å². The van der Waals surface area contributed by atoms with Gasteiger partial charge in [-0.1, -0.05) is 6.92 Å². The van der Waals surface area contributed by atoms with Crippen molar-refractivity contribution in [1.29, 1.82) is 0 Å². The fraction of sp³-hybridized carbons (Fsp3) is 0.176. The Bertz CT molecular complexity index is 993. The van der Waals surface area contributed by atoms with Gasteiger partial charge in [0, 0.05) is 6.42 Å². The Morgan fingerprint density at radius 2 is 2.04 bits per heavy atom. The van der Waals surface area contributed by atoms with E-state index in [2.05, 4.69) is 19.6 Å². The van der Waals surface area contributed by atoms with Gasteiger partial charge in [-0.25, -0.2) is 4.98 Å². The van der Waals surface area contributed by atoms with Crippen molar-refractivity contribution in [1.82, 2.24) is 24.1 Å². The molecule has 9 heteroatoms. The first-order chi connectivity index (χ1) is 12.8. The molecule has 0 radical (unpaired) electrons. The zero-order valence-electron chi connectivity index (χ0n) is 14.1. The van der Waals surface area contributed by atoms with E-state index in [-0.39, 0.29) is 0 Å². The molecule has 0 saturated carbocycles. The third kappa shape index (κ3) is 3.23. The number of methoxy groups -OCH3 is 1. The summed E-state index contributed by atoms with van der Waals surface area (Å²) in [5, 5.41) is 9.36. The van der Waals surface area contributed by atoms with Crippen LogP contribution in [0.25, 0.3) is 17.3 Å². The highest BCUT2D eigenvalue weighted by molar-refractivity contribution is 8.00. The Kier molecular flexibility index (Phi) is 4.72. The van der Waals surface area contributed by atoms with Gasteiger partial charge in [-0.05, 0) is 59.7 Å². The summed E-state index contributed by atoms with van der Waals surface area (Å²) in [6.07, 6.45) is 2.42. The van der Waals surface area contributed by atoms with Gasteiger partial charge in [0.25, 0.3) is 0 Å². The molecule has 132 valence electrons. The summed E-state index contributed by atoms with van der Waals surface area (Å²) >= 11 is 2.80. The predicted octanol–water partition coefficient (Wildman–Crippen LogP) is 4.10. The second kappa shape index (κ2) is 7.30. The van der Waals surface area contributed by atoms with Crippen molar-refractivity contribution in [3.05, 3.63) is 48.5 Å². The van der Waals surface area contributed by atoms with E-state index in [4.69, 9.17) is 9.15 Å². The van der Waals surface area contributed by atoms with Crippen LogP contribution in [0.1, 0.15) is 12.7 Å². The van der Waals surface area contributed by atoms with Gasteiger partial charge in [-0.15, -0.1) is 10.2 Å². The normalized spacial score (nSPS) is 11.0. The van der Waals surface area contributed by atoms with Crippen molar-refractivity contribution in [3.63, 3.8) is 0 Å². The molecule has 0 unspecified atom stereocenters. The molecule has 0 aliphatic rings. The average molecular weight is 385 g/mol. The van der Waals surface area contributed by atoms with Gasteiger partial charge in [0.1, 0.15) is 11.6 Å². The molecule has 1 aromatic carbocycles. The van der Waals surface area contributed by atoms with Gasteiger partial charge in [-0.3, -0.25) is 4.57 Å². The molecule has 26 heavy (non-hydrogen) atoms. The first-order valence-corrected chi connectivity index (χ1v) is 9.51. The molecular weight excluding hydrogens is 370 g/mol. The maximum atomic E-state index is 5.53. The summed E-state index contributed by atoms with van der Waals surface area (Å²) in [5.41, 5.74) is 0.907. The Balaban J connectivity index is 1.78. The third-order valence-electron chi connectivity index (χ3n) is 3.65. The highest BCUT2D eigenvalue weighted by atomic mass is 32.2. The van der Waals surface area contributed by atoms with Gasteiger partial charge >= 0.3 is 0 Å². The molecule has 0 saturated heterocycles. The summed E-state index contributed by atoms with van der Waals surface area (Å²) < 4.78 is 17.9. The van der Waals surface area contributed by atoms with Crippen molar-refractivity contribution in [2.75, 3.05) is 7.11 Å². The van der Waals surface area contributed by atoms with Crippen LogP contribution in [0, 0.1) is 0 Å². The van der Waals surface area contributed by atoms with Gasteiger partial charge in [-0.2, -0.15) is 4.37 Å². The minimum atomic E-state index is 0.628. The second-order valence-corrected chi connectivity index (χ2v) is 7.22. The number of furan rings is 1. The molecule has 0 amide bonds. The molecule has 0 fully saturated rings. The van der Waals surface area contributed by atoms with Crippen LogP contribution >= 0.6 is 23.3 Å². The van der Waals surface area contributed by atoms with Gasteiger partial charge in [0.2, 0.25) is 11.0 Å². The minimum absolute atomic E-state index is 0.628. The molecule has 0 atom stereocenters. The Labute approximate surface area is 158 Å². The molecular formula is C17H15N5O2S2. The highest BCUT2D eigenvalue weighted by Gasteiger charge is 2.20. The van der Waals surface area contributed by atoms with E-state index in [1.807, 2.05) is 47.9 Å². The monoisotopic (exact) mass is 385 g/mol. The van der Waals surface area contributed by atoms with Gasteiger partial charge in [0.15, 0.2) is 10.1 Å². The minimum Gasteiger partial charge on any atom is -0.497 e. The molecule has 4 rings (SSSR count). The highest BCUT2D eigenvalue weighted by Crippen LogP contribution is 2.33. The number of ether oxygens (including phenoxy) is 1. The lowest BCUT2D eigenvalue weighted by Gasteiger charge is -2.09. The van der Waals surface area contributed by atoms with E-state index < -0.39 is 0 Å². The van der Waals surface area contributed by atoms with Crippen LogP contribution < -0.4 is 4.74 Å². The molecule has 4 aromatic rings. The lowest BCUT2D eigenvalue weighted by molar-refractivity contribution is 0.414. The third-order valence-corrected chi connectivity index (χ3v) is 5.39. The second-order valence-electron chi connectivity index (χ2n) is 5.25. The molecule has 0 bridgehead atoms. The smallest absolute Gasteiger partial charge is 0.205 e. The van der Waals surface area contributed by atoms with Crippen LogP contribution in [0.15, 0.2) is 56.6 Å². The van der Waals surface area contributed by atoms with E-state index in [0.29, 0.717) is 16.7 Å². The predicted molar refractivity (Wildman–Crippen MR) is 99.0 cm³/mol. The largest absolute Gasteiger partial charge is 0.497 e. The summed E-state index contributed by atoms with van der Waals surface area (Å²) in [7, 11) is 1.64. The number of rotatable bonds is 6. The van der Waals surface area contributed by atoms with E-state index in [1.165, 1.54) is 23.3 Å². The Morgan fingerprint density at radius 1 is 1.19 bits per heavy atom. The first kappa shape index (κ1) is 16.8. The fourth-order valence-corrected chi connectivity index (χ4v) is 4.02. The zero-order chi connectivity index (χ0) is 17.9. The van der Waals surface area contributed by atoms with Crippen LogP contribution in [0.3, 0.4) is 0 Å². The van der Waals surface area contributed by atoms with E-state index in [9.17, 15) is 0 Å². The number of hydrogen-bond donors (Lipinski definition) is 0. The Hall–Kier alpha value is -2.65. The number of hydrogen-bond acceptors (Lipinski definition) is 8. The van der Waals surface area contributed by atoms with Crippen LogP contribution in [0.4, 0.5) is 0 Å². The lowest BCUT2D eigenvalue weighted by atomic mass is 10.3. The molecule has 7 nitrogen and oxygen atoms in total. The zero-order valence-corrected chi connectivity index (χ0v) is 15.8. The summed E-state index contributed by atoms with van der Waals surface area (Å²) in [6, 6.07) is 11.4. The quantitative estimate of drug-likeness (QED) is 0.494. The van der Waals surface area contributed by atoms with Gasteiger partial charge in [0.05, 0.1) is 19.1 Å². The van der Waals surface area contributed by atoms with Crippen molar-refractivity contribution in [2.24, 2.45) is 0 Å². The maximum absolute atomic E-state index is 5.53. The van der Waals surface area contributed by atoms with E-state index in [1.54, 1.807) is 13.4 Å². The number of nitrogens with zero attached hydrogens (tertiary/aromatic N) is 5. The number of benzene rings is 1. The summed E-state index contributed by atoms with van der Waals surface area (Å²) in [6.45, 7) is 2.03. The fourth-order valence-electron chi connectivity index (χ4n) is 2.37. The summed E-state index contributed by atoms with van der Waals surface area (Å²) in [4.78, 5) is 4.50. The van der Waals surface area contributed by atoms with Crippen LogP contribution in [0.2, 0.25) is 0 Å². The molecule has 0 aliphatic heterocycles. The molecule has 0 N–H and O–H groups in total. The van der Waals surface area contributed by atoms with Crippen molar-refractivity contribution in [3.8, 4) is 23.0 Å². The molecule has 3 aromatic heterocycles. The molecule has 0 aliphatic carbocycles. The number of aromatic nitrogens is 5. The van der Waals surface area contributed by atoms with Crippen molar-refractivity contribution >= 4 is 23.3 Å². The lowest BCUT2D eigenvalue weighted by Crippen LogP contribution is -1.99. The van der Waals surface area contributed by atoms with Crippen LogP contribution in [-0.4, -0.2) is 31.2 Å². The van der Waals surface area contributed by atoms with Crippen molar-refractivity contribution < 1.29 is 9.15 Å². The Morgan fingerprint density at radius 3 is 2.69 bits per heavy atom. The van der Waals surface area contributed by atoms with E-state index >= 15 is 0 Å². The SMILES string of the molecule is CCc1nsc(Sc2nnc(-c3ccco3)n2-c2ccc(OC)cc2)n1. The topological polar surface area (TPSA) is 78.9 Å². The maximum Gasteiger partial charge on any atom is 0.205 e. The van der Waals surface area contributed by atoms with Gasteiger partial charge < -0.3 is 9.15 Å². The van der Waals surface area contributed by atoms with Crippen LogP contribution in [-0.2, 0) is 6.42 Å². The number of aryl methyl sites for hydroxylation is 1. The first-order valence-electron chi connectivity index (χ1n) is 7.92. The van der Waals surface area contributed by atoms with Crippen molar-refractivity contribution in [2.45, 2.75) is 22.8 Å². The molecule has 0 spiro atoms. The van der Waals surface area contributed by atoms with Crippen LogP contribution in [0.5, 0.6) is 5.75 Å². The summed E-state index contributed by atoms with van der Waals surface area (Å²) in [5.74, 6) is 2.89. The standard InChI is InChI=1S/C17H15N5O2S2/c1-3-14-18-17(26-21-14)25-16-20-19-15(13-5-4-10-24-13)22(16)11-6-8-12(23-2)9-7-11/h4-10H,3H2,1-2H3. The molecule has 3 heterocycles. The average Bonchev–Trinajstić information content (AvgIpc) is 3.42.